The van der Waals surface area contributed by atoms with Gasteiger partial charge in [0.1, 0.15) is 18.0 Å². The molecule has 13 nitrogen and oxygen atoms in total. The molecule has 3 aliphatic heterocycles. The highest BCUT2D eigenvalue weighted by Gasteiger charge is 2.53. The number of nitrogens with zero attached hydrogens (tertiary/aromatic N) is 1. The molecule has 15 atom stereocenters. The van der Waals surface area contributed by atoms with Gasteiger partial charge in [-0.3, -0.25) is 24.0 Å². The summed E-state index contributed by atoms with van der Waals surface area (Å²) < 4.78 is 23.1. The Labute approximate surface area is 382 Å². The number of methoxy groups -OCH3 is 3. The van der Waals surface area contributed by atoms with Crippen LogP contribution >= 0.6 is 0 Å². The Balaban J connectivity index is 1.68. The number of aliphatic hydroxyl groups is 3. The second kappa shape index (κ2) is 24.6. The maximum absolute atomic E-state index is 14.4. The van der Waals surface area contributed by atoms with Gasteiger partial charge in [0, 0.05) is 64.9 Å². The summed E-state index contributed by atoms with van der Waals surface area (Å²) in [7, 11) is 4.57. The molecule has 1 saturated carbocycles. The summed E-state index contributed by atoms with van der Waals surface area (Å²) >= 11 is 0. The van der Waals surface area contributed by atoms with Crippen LogP contribution in [0.4, 0.5) is 0 Å². The van der Waals surface area contributed by atoms with E-state index in [2.05, 4.69) is 0 Å². The molecule has 2 saturated heterocycles. The van der Waals surface area contributed by atoms with Gasteiger partial charge in [0.15, 0.2) is 11.6 Å². The zero-order chi connectivity index (χ0) is 47.5. The second-order valence-electron chi connectivity index (χ2n) is 19.7. The maximum atomic E-state index is 14.4. The molecule has 4 rings (SSSR count). The van der Waals surface area contributed by atoms with E-state index in [1.165, 1.54) is 12.0 Å². The number of carbonyl (C=O) groups is 5. The third kappa shape index (κ3) is 13.7. The van der Waals surface area contributed by atoms with E-state index in [1.807, 2.05) is 58.1 Å². The molecular formula is C51H79NO12. The fourth-order valence-corrected chi connectivity index (χ4v) is 10.4. The van der Waals surface area contributed by atoms with E-state index in [0.29, 0.717) is 63.4 Å². The third-order valence-corrected chi connectivity index (χ3v) is 14.8. The molecule has 2 bridgehead atoms. The number of fused-ring (bicyclic) bond motifs is 3. The fraction of sp³-hybridized carbons (Fsp3) is 0.745. The average molecular weight is 898 g/mol. The van der Waals surface area contributed by atoms with Gasteiger partial charge in [0.2, 0.25) is 5.79 Å². The summed E-state index contributed by atoms with van der Waals surface area (Å²) in [6.45, 7) is 13.1. The summed E-state index contributed by atoms with van der Waals surface area (Å²) in [5.74, 6) is -7.12. The summed E-state index contributed by atoms with van der Waals surface area (Å²) in [5, 5.41) is 33.8. The predicted molar refractivity (Wildman–Crippen MR) is 244 cm³/mol. The van der Waals surface area contributed by atoms with Crippen molar-refractivity contribution in [1.29, 1.82) is 0 Å². The lowest BCUT2D eigenvalue weighted by Crippen LogP contribution is -2.59. The number of amides is 1. The molecule has 1 amide bonds. The van der Waals surface area contributed by atoms with Crippen molar-refractivity contribution in [3.8, 4) is 0 Å². The number of ether oxygens (including phenoxy) is 4. The molecule has 0 unspecified atom stereocenters. The Kier molecular flexibility index (Phi) is 20.5. The summed E-state index contributed by atoms with van der Waals surface area (Å²) in [6.07, 6.45) is 12.4. The number of aliphatic hydroxyl groups excluding tert-OH is 2. The van der Waals surface area contributed by atoms with Gasteiger partial charge in [-0.05, 0) is 106 Å². The summed E-state index contributed by atoms with van der Waals surface area (Å²) in [5.41, 5.74) is 1.32. The highest BCUT2D eigenvalue weighted by atomic mass is 16.6. The zero-order valence-corrected chi connectivity index (χ0v) is 40.2. The SMILES string of the molecule is CO[C@H]1C[C@@H]2CC[C@@H](C)[C@@](O)(O2)C(=O)C(=O)N2CCC[C@H]2C(=O)C[C@@H]([C@H](C)C[C@@H]2CC[C@@H](O)[C@H](OC)C2)CC(=O)[C@H](C)/C=C(\C)[C@@H](O)[C@@H](OC)C(=O)[C@H](C)C[C@H](C)/C=C/C=C\C=C\1C. The lowest BCUT2D eigenvalue weighted by atomic mass is 9.74. The van der Waals surface area contributed by atoms with E-state index in [9.17, 15) is 39.3 Å². The molecule has 0 aromatic rings. The second-order valence-corrected chi connectivity index (χ2v) is 19.7. The van der Waals surface area contributed by atoms with Crippen molar-refractivity contribution < 1.29 is 58.2 Å². The molecule has 1 aliphatic carbocycles. The van der Waals surface area contributed by atoms with Crippen LogP contribution in [0.3, 0.4) is 0 Å². The topological polar surface area (TPSA) is 186 Å². The van der Waals surface area contributed by atoms with Gasteiger partial charge in [-0.1, -0.05) is 71.1 Å². The minimum absolute atomic E-state index is 0.0118. The number of Topliss-reactive ketones (excluding diaryl/α,β-unsaturated/α-hetero) is 4. The Morgan fingerprint density at radius 1 is 0.828 bits per heavy atom. The van der Waals surface area contributed by atoms with E-state index < -0.39 is 77.7 Å². The largest absolute Gasteiger partial charge is 0.390 e. The summed E-state index contributed by atoms with van der Waals surface area (Å²) in [6, 6.07) is -0.907. The van der Waals surface area contributed by atoms with Crippen molar-refractivity contribution >= 4 is 29.0 Å². The van der Waals surface area contributed by atoms with Crippen molar-refractivity contribution in [2.24, 2.45) is 41.4 Å². The average Bonchev–Trinajstić information content (AvgIpc) is 3.76. The van der Waals surface area contributed by atoms with E-state index in [0.717, 1.165) is 12.0 Å². The van der Waals surface area contributed by atoms with Crippen LogP contribution in [-0.4, -0.2) is 126 Å². The van der Waals surface area contributed by atoms with Crippen molar-refractivity contribution in [2.45, 2.75) is 174 Å². The molecule has 360 valence electrons. The zero-order valence-electron chi connectivity index (χ0n) is 40.2. The Morgan fingerprint density at radius 3 is 2.20 bits per heavy atom. The van der Waals surface area contributed by atoms with Gasteiger partial charge < -0.3 is 39.2 Å². The fourth-order valence-electron chi connectivity index (χ4n) is 10.4. The van der Waals surface area contributed by atoms with Crippen LogP contribution in [0.25, 0.3) is 0 Å². The number of hydrogen-bond donors (Lipinski definition) is 3. The smallest absolute Gasteiger partial charge is 0.296 e. The molecule has 4 aliphatic rings. The van der Waals surface area contributed by atoms with Crippen molar-refractivity contribution in [2.75, 3.05) is 27.9 Å². The van der Waals surface area contributed by atoms with Gasteiger partial charge in [0.05, 0.1) is 30.5 Å². The Hall–Kier alpha value is -3.17. The number of ketones is 4. The van der Waals surface area contributed by atoms with Crippen LogP contribution in [0.5, 0.6) is 0 Å². The van der Waals surface area contributed by atoms with Crippen LogP contribution in [0, 0.1) is 41.4 Å². The number of carbonyl (C=O) groups excluding carboxylic acids is 5. The first-order chi connectivity index (χ1) is 30.2. The van der Waals surface area contributed by atoms with Gasteiger partial charge in [-0.25, -0.2) is 0 Å². The molecule has 0 spiro atoms. The lowest BCUT2D eigenvalue weighted by molar-refractivity contribution is -0.265. The van der Waals surface area contributed by atoms with Gasteiger partial charge in [-0.15, -0.1) is 0 Å². The Morgan fingerprint density at radius 2 is 1.53 bits per heavy atom. The molecule has 0 aromatic carbocycles. The van der Waals surface area contributed by atoms with Crippen LogP contribution in [0.15, 0.2) is 47.6 Å². The highest BCUT2D eigenvalue weighted by molar-refractivity contribution is 6.39. The van der Waals surface area contributed by atoms with Crippen LogP contribution < -0.4 is 0 Å². The molecule has 64 heavy (non-hydrogen) atoms. The lowest BCUT2D eigenvalue weighted by Gasteiger charge is -2.41. The summed E-state index contributed by atoms with van der Waals surface area (Å²) in [4.78, 5) is 71.8. The van der Waals surface area contributed by atoms with Crippen molar-refractivity contribution in [3.63, 3.8) is 0 Å². The predicted octanol–water partition coefficient (Wildman–Crippen LogP) is 6.45. The minimum Gasteiger partial charge on any atom is -0.390 e. The van der Waals surface area contributed by atoms with Crippen LogP contribution in [0.2, 0.25) is 0 Å². The minimum atomic E-state index is -2.38. The number of hydrogen-bond acceptors (Lipinski definition) is 12. The van der Waals surface area contributed by atoms with Gasteiger partial charge >= 0.3 is 0 Å². The van der Waals surface area contributed by atoms with Crippen LogP contribution in [0.1, 0.15) is 126 Å². The first-order valence-corrected chi connectivity index (χ1v) is 23.7. The Bertz CT molecular complexity index is 1740. The quantitative estimate of drug-likeness (QED) is 0.196. The highest BCUT2D eigenvalue weighted by Crippen LogP contribution is 2.39. The third-order valence-electron chi connectivity index (χ3n) is 14.8. The van der Waals surface area contributed by atoms with E-state index in [-0.39, 0.29) is 60.6 Å². The van der Waals surface area contributed by atoms with Gasteiger partial charge in [-0.2, -0.15) is 0 Å². The van der Waals surface area contributed by atoms with E-state index in [1.54, 1.807) is 41.1 Å². The van der Waals surface area contributed by atoms with Crippen LogP contribution in [-0.2, 0) is 42.9 Å². The first-order valence-electron chi connectivity index (χ1n) is 23.7. The monoisotopic (exact) mass is 898 g/mol. The molecule has 3 N–H and O–H groups in total. The maximum Gasteiger partial charge on any atom is 0.296 e. The standard InChI is InChI=1S/C51H79NO12/c1-30-15-12-11-13-16-31(2)44(61-8)29-39-20-18-36(7)51(60,64-39)49(58)50(59)52-22-14-17-40(52)43(55)28-38(32(3)25-37-19-21-41(53)45(26-37)62-9)27-42(54)33(4)24-35(6)47(57)48(63-10)46(56)34(5)23-30/h11-13,15-16,24,30,32-34,36-41,44-45,47-48,53,57,60H,14,17-23,25-29H2,1-10H3/b13-11-,15-12+,31-16+,35-24+/t30-,32-,33-,34-,36-,37+,38+,39+,40+,41-,44+,45-,47-,48+,51-/m1/s1. The molecule has 13 heteroatoms. The number of allylic oxidation sites excluding steroid dienone is 6. The molecular weight excluding hydrogens is 819 g/mol. The van der Waals surface area contributed by atoms with E-state index >= 15 is 0 Å². The van der Waals surface area contributed by atoms with Crippen molar-refractivity contribution in [1.82, 2.24) is 4.90 Å². The number of rotatable bonds is 6. The van der Waals surface area contributed by atoms with Gasteiger partial charge in [0.25, 0.3) is 11.7 Å². The molecule has 0 aromatic heterocycles. The molecule has 3 heterocycles. The normalized spacial score (nSPS) is 40.8. The molecule has 0 radical (unpaired) electrons. The molecule has 3 fully saturated rings. The first kappa shape index (κ1) is 53.4. The van der Waals surface area contributed by atoms with Crippen molar-refractivity contribution in [3.05, 3.63) is 47.6 Å². The van der Waals surface area contributed by atoms with E-state index in [4.69, 9.17) is 18.9 Å².